The van der Waals surface area contributed by atoms with Gasteiger partial charge in [-0.15, -0.1) is 0 Å². The molecule has 2 nitrogen and oxygen atoms in total. The Kier molecular flexibility index (Phi) is 3.25. The van der Waals surface area contributed by atoms with Gasteiger partial charge >= 0.3 is 136 Å². The van der Waals surface area contributed by atoms with E-state index in [0.717, 1.165) is 11.5 Å². The third-order valence-corrected chi connectivity index (χ3v) is 6.21. The zero-order valence-electron chi connectivity index (χ0n) is 12.5. The van der Waals surface area contributed by atoms with Crippen LogP contribution in [0.2, 0.25) is 0 Å². The predicted octanol–water partition coefficient (Wildman–Crippen LogP) is 2.25. The van der Waals surface area contributed by atoms with Gasteiger partial charge in [0, 0.05) is 0 Å². The number of para-hydroxylation sites is 1. The molecular weight excluding hydrogens is 337 g/mol. The van der Waals surface area contributed by atoms with E-state index in [0.29, 0.717) is 15.0 Å². The third-order valence-electron chi connectivity index (χ3n) is 3.91. The van der Waals surface area contributed by atoms with Gasteiger partial charge in [0.1, 0.15) is 0 Å². The summed E-state index contributed by atoms with van der Waals surface area (Å²) in [6, 6.07) is 19.1. The van der Waals surface area contributed by atoms with Gasteiger partial charge in [-0.25, -0.2) is 0 Å². The molecule has 0 fully saturated rings. The van der Waals surface area contributed by atoms with Crippen molar-refractivity contribution in [1.82, 2.24) is 0 Å². The molecule has 0 bridgehead atoms. The summed E-state index contributed by atoms with van der Waals surface area (Å²) in [5.74, 6) is 2.02. The Hall–Kier alpha value is -2.09. The molecule has 108 valence electrons. The second-order valence-electron chi connectivity index (χ2n) is 5.46. The molecule has 1 aliphatic rings. The van der Waals surface area contributed by atoms with Gasteiger partial charge in [0.2, 0.25) is 0 Å². The summed E-state index contributed by atoms with van der Waals surface area (Å²) in [4.78, 5) is 0. The van der Waals surface area contributed by atoms with Crippen LogP contribution in [0, 0.1) is 6.92 Å². The van der Waals surface area contributed by atoms with Crippen LogP contribution in [-0.4, -0.2) is 15.0 Å². The van der Waals surface area contributed by atoms with Crippen LogP contribution in [0.3, 0.4) is 0 Å². The molecule has 0 atom stereocenters. The summed E-state index contributed by atoms with van der Waals surface area (Å²) in [6.45, 7) is 2.15. The number of pyridine rings is 1. The van der Waals surface area contributed by atoms with Crippen molar-refractivity contribution < 1.29 is 9.30 Å². The Labute approximate surface area is 136 Å². The first-order chi connectivity index (χ1) is 10.7. The molecule has 2 aromatic carbocycles. The molecule has 0 aliphatic carbocycles. The van der Waals surface area contributed by atoms with Crippen LogP contribution in [0.4, 0.5) is 0 Å². The van der Waals surface area contributed by atoms with Crippen LogP contribution in [-0.2, 0) is 7.05 Å². The van der Waals surface area contributed by atoms with E-state index in [9.17, 15) is 0 Å². The van der Waals surface area contributed by atoms with Gasteiger partial charge in [0.05, 0.1) is 0 Å². The molecule has 0 saturated carbocycles. The van der Waals surface area contributed by atoms with Crippen molar-refractivity contribution in [2.24, 2.45) is 7.05 Å². The third kappa shape index (κ3) is 2.23. The van der Waals surface area contributed by atoms with E-state index in [1.165, 1.54) is 25.7 Å². The van der Waals surface area contributed by atoms with Crippen molar-refractivity contribution in [3.63, 3.8) is 0 Å². The van der Waals surface area contributed by atoms with Gasteiger partial charge in [-0.05, 0) is 0 Å². The van der Waals surface area contributed by atoms with E-state index >= 15 is 0 Å². The minimum atomic E-state index is 0.292. The normalized spacial score (nSPS) is 12.3. The second kappa shape index (κ2) is 5.27. The number of aryl methyl sites for hydroxylation is 2. The van der Waals surface area contributed by atoms with Crippen LogP contribution >= 0.6 is 0 Å². The summed E-state index contributed by atoms with van der Waals surface area (Å²) in [5, 5.41) is 0. The first-order valence-corrected chi connectivity index (χ1v) is 8.98. The van der Waals surface area contributed by atoms with E-state index in [-0.39, 0.29) is 0 Å². The quantitative estimate of drug-likeness (QED) is 0.378. The van der Waals surface area contributed by atoms with Crippen LogP contribution in [0.5, 0.6) is 11.5 Å². The molecule has 0 amide bonds. The Bertz CT molecular complexity index is 873. The number of hydrogen-bond donors (Lipinski definition) is 0. The summed E-state index contributed by atoms with van der Waals surface area (Å²) >= 11 is 0.292. The van der Waals surface area contributed by atoms with Gasteiger partial charge < -0.3 is 0 Å². The molecule has 0 radical (unpaired) electrons. The maximum atomic E-state index is 6.09. The summed E-state index contributed by atoms with van der Waals surface area (Å²) in [6.07, 6.45) is 2.09. The average molecular weight is 353 g/mol. The molecule has 4 rings (SSSR count). The standard InChI is InChI=1S/C19H16NOSe/c1-13-11-17-19(22-18-9-4-3-8-16(18)21-17)12-14(13)15-7-5-6-10-20(15)2/h3-12H,1-2H3/q+1. The number of ether oxygens (including phenoxy) is 1. The number of nitrogens with zero attached hydrogens (tertiary/aromatic N) is 1. The number of rotatable bonds is 1. The minimum absolute atomic E-state index is 0.292. The average Bonchev–Trinajstić information content (AvgIpc) is 2.53. The van der Waals surface area contributed by atoms with Crippen LogP contribution in [0.1, 0.15) is 5.56 Å². The van der Waals surface area contributed by atoms with Gasteiger partial charge in [0.25, 0.3) is 0 Å². The summed E-state index contributed by atoms with van der Waals surface area (Å²) in [7, 11) is 2.09. The number of benzene rings is 2. The fraction of sp³-hybridized carbons (Fsp3) is 0.105. The van der Waals surface area contributed by atoms with E-state index in [4.69, 9.17) is 4.74 Å². The number of hydrogen-bond acceptors (Lipinski definition) is 1. The zero-order chi connectivity index (χ0) is 15.1. The number of fused-ring (bicyclic) bond motifs is 2. The number of aromatic nitrogens is 1. The molecule has 0 N–H and O–H groups in total. The molecule has 1 aliphatic heterocycles. The Balaban J connectivity index is 1.84. The van der Waals surface area contributed by atoms with E-state index in [2.05, 4.69) is 73.3 Å². The molecule has 22 heavy (non-hydrogen) atoms. The molecule has 1 aromatic heterocycles. The summed E-state index contributed by atoms with van der Waals surface area (Å²) in [5.41, 5.74) is 3.76. The SMILES string of the molecule is Cc1cc2c(cc1-c1cccc[n+]1C)[Se]c1ccccc1O2. The second-order valence-corrected chi connectivity index (χ2v) is 7.74. The van der Waals surface area contributed by atoms with Crippen LogP contribution in [0.15, 0.2) is 60.8 Å². The zero-order valence-corrected chi connectivity index (χ0v) is 14.3. The molecule has 0 unspecified atom stereocenters. The molecule has 3 heteroatoms. The van der Waals surface area contributed by atoms with Crippen LogP contribution in [0.25, 0.3) is 11.3 Å². The molecule has 2 heterocycles. The van der Waals surface area contributed by atoms with Gasteiger partial charge in [-0.3, -0.25) is 0 Å². The first-order valence-electron chi connectivity index (χ1n) is 7.27. The molecule has 3 aromatic rings. The van der Waals surface area contributed by atoms with Crippen molar-refractivity contribution in [1.29, 1.82) is 0 Å². The van der Waals surface area contributed by atoms with Crippen molar-refractivity contribution in [3.8, 4) is 22.8 Å². The Morgan fingerprint density at radius 2 is 1.73 bits per heavy atom. The van der Waals surface area contributed by atoms with Gasteiger partial charge in [-0.2, -0.15) is 0 Å². The van der Waals surface area contributed by atoms with Crippen molar-refractivity contribution >= 4 is 23.9 Å². The van der Waals surface area contributed by atoms with Gasteiger partial charge in [0.15, 0.2) is 0 Å². The van der Waals surface area contributed by atoms with E-state index in [1.54, 1.807) is 0 Å². The monoisotopic (exact) mass is 354 g/mol. The fourth-order valence-corrected chi connectivity index (χ4v) is 4.79. The molecule has 0 spiro atoms. The Morgan fingerprint density at radius 3 is 2.59 bits per heavy atom. The Morgan fingerprint density at radius 1 is 0.909 bits per heavy atom. The van der Waals surface area contributed by atoms with Gasteiger partial charge in [-0.1, -0.05) is 0 Å². The summed E-state index contributed by atoms with van der Waals surface area (Å²) < 4.78 is 10.9. The maximum absolute atomic E-state index is 6.09. The van der Waals surface area contributed by atoms with Crippen molar-refractivity contribution in [2.45, 2.75) is 6.92 Å². The molecule has 0 saturated heterocycles. The fourth-order valence-electron chi connectivity index (χ4n) is 2.76. The van der Waals surface area contributed by atoms with Crippen LogP contribution < -0.4 is 18.2 Å². The van der Waals surface area contributed by atoms with Crippen molar-refractivity contribution in [3.05, 3.63) is 66.4 Å². The topological polar surface area (TPSA) is 13.1 Å². The van der Waals surface area contributed by atoms with Crippen molar-refractivity contribution in [2.75, 3.05) is 0 Å². The molecular formula is C19H16NOSe+. The predicted molar refractivity (Wildman–Crippen MR) is 89.3 cm³/mol. The van der Waals surface area contributed by atoms with E-state index < -0.39 is 0 Å². The first kappa shape index (κ1) is 13.6. The van der Waals surface area contributed by atoms with E-state index in [1.807, 2.05) is 6.07 Å².